The van der Waals surface area contributed by atoms with Gasteiger partial charge in [0.15, 0.2) is 0 Å². The molecule has 0 fully saturated rings. The highest BCUT2D eigenvalue weighted by molar-refractivity contribution is 9.09. The molecule has 0 aromatic heterocycles. The average molecular weight is 277 g/mol. The summed E-state index contributed by atoms with van der Waals surface area (Å²) >= 11 is 3.71. The molecule has 0 radical (unpaired) electrons. The molecule has 0 spiro atoms. The van der Waals surface area contributed by atoms with Crippen LogP contribution >= 0.6 is 15.9 Å². The molecule has 1 atom stereocenters. The van der Waals surface area contributed by atoms with Crippen molar-refractivity contribution in [2.75, 3.05) is 7.11 Å². The van der Waals surface area contributed by atoms with E-state index in [1.54, 1.807) is 7.11 Å². The van der Waals surface area contributed by atoms with Crippen molar-refractivity contribution in [1.29, 1.82) is 0 Å². The maximum absolute atomic E-state index is 5.36. The molecule has 0 saturated heterocycles. The van der Waals surface area contributed by atoms with Gasteiger partial charge in [-0.25, -0.2) is 0 Å². The van der Waals surface area contributed by atoms with Crippen LogP contribution in [0.2, 0.25) is 0 Å². The Hall–Kier alpha value is -1.28. The minimum Gasteiger partial charge on any atom is -0.496 e. The zero-order valence-corrected chi connectivity index (χ0v) is 10.6. The number of methoxy groups -OCH3 is 1. The minimum atomic E-state index is 0.171. The van der Waals surface area contributed by atoms with Gasteiger partial charge in [-0.1, -0.05) is 64.5 Å². The van der Waals surface area contributed by atoms with Crippen molar-refractivity contribution in [2.45, 2.75) is 4.83 Å². The van der Waals surface area contributed by atoms with Gasteiger partial charge in [0.2, 0.25) is 0 Å². The van der Waals surface area contributed by atoms with E-state index in [0.29, 0.717) is 0 Å². The van der Waals surface area contributed by atoms with E-state index in [0.717, 1.165) is 11.3 Å². The molecule has 16 heavy (non-hydrogen) atoms. The van der Waals surface area contributed by atoms with Gasteiger partial charge in [0.1, 0.15) is 5.75 Å². The summed E-state index contributed by atoms with van der Waals surface area (Å²) in [6.45, 7) is 0. The van der Waals surface area contributed by atoms with Crippen LogP contribution in [-0.2, 0) is 0 Å². The van der Waals surface area contributed by atoms with Crippen molar-refractivity contribution >= 4 is 15.9 Å². The Morgan fingerprint density at radius 3 is 2.25 bits per heavy atom. The molecule has 82 valence electrons. The average Bonchev–Trinajstić information content (AvgIpc) is 2.39. The van der Waals surface area contributed by atoms with E-state index < -0.39 is 0 Å². The van der Waals surface area contributed by atoms with Crippen LogP contribution in [0.4, 0.5) is 0 Å². The highest BCUT2D eigenvalue weighted by atomic mass is 79.9. The van der Waals surface area contributed by atoms with E-state index in [1.165, 1.54) is 5.56 Å². The molecule has 0 N–H and O–H groups in total. The van der Waals surface area contributed by atoms with Gasteiger partial charge >= 0.3 is 0 Å². The Labute approximate surface area is 104 Å². The fourth-order valence-corrected chi connectivity index (χ4v) is 2.36. The molecule has 0 aliphatic rings. The third kappa shape index (κ3) is 2.27. The molecule has 0 aliphatic carbocycles. The second-order valence-electron chi connectivity index (χ2n) is 3.52. The van der Waals surface area contributed by atoms with Gasteiger partial charge < -0.3 is 4.74 Å². The first-order valence-electron chi connectivity index (χ1n) is 5.15. The van der Waals surface area contributed by atoms with Gasteiger partial charge in [-0.15, -0.1) is 0 Å². The van der Waals surface area contributed by atoms with Crippen LogP contribution in [0.3, 0.4) is 0 Å². The Bertz CT molecular complexity index is 453. The van der Waals surface area contributed by atoms with Crippen molar-refractivity contribution in [3.05, 3.63) is 65.7 Å². The lowest BCUT2D eigenvalue weighted by atomic mass is 10.0. The number of halogens is 1. The topological polar surface area (TPSA) is 9.23 Å². The second-order valence-corrected chi connectivity index (χ2v) is 4.43. The molecule has 2 rings (SSSR count). The number of para-hydroxylation sites is 1. The van der Waals surface area contributed by atoms with Crippen molar-refractivity contribution in [2.24, 2.45) is 0 Å². The smallest absolute Gasteiger partial charge is 0.123 e. The molecule has 1 unspecified atom stereocenters. The van der Waals surface area contributed by atoms with Gasteiger partial charge in [-0.3, -0.25) is 0 Å². The number of benzene rings is 2. The first-order chi connectivity index (χ1) is 7.83. The summed E-state index contributed by atoms with van der Waals surface area (Å²) in [5.74, 6) is 0.910. The van der Waals surface area contributed by atoms with Gasteiger partial charge in [0.05, 0.1) is 11.9 Å². The number of hydrogen-bond donors (Lipinski definition) is 0. The summed E-state index contributed by atoms with van der Waals surface area (Å²) in [7, 11) is 1.70. The van der Waals surface area contributed by atoms with E-state index in [-0.39, 0.29) is 4.83 Å². The maximum Gasteiger partial charge on any atom is 0.123 e. The molecule has 2 aromatic carbocycles. The second kappa shape index (κ2) is 5.17. The van der Waals surface area contributed by atoms with E-state index in [2.05, 4.69) is 34.1 Å². The zero-order chi connectivity index (χ0) is 11.4. The highest BCUT2D eigenvalue weighted by Gasteiger charge is 2.13. The van der Waals surface area contributed by atoms with Gasteiger partial charge in [-0.05, 0) is 11.6 Å². The van der Waals surface area contributed by atoms with E-state index in [4.69, 9.17) is 4.74 Å². The summed E-state index contributed by atoms with van der Waals surface area (Å²) < 4.78 is 5.36. The minimum absolute atomic E-state index is 0.171. The predicted octanol–water partition coefficient (Wildman–Crippen LogP) is 4.18. The fraction of sp³-hybridized carbons (Fsp3) is 0.143. The molecule has 2 aromatic rings. The van der Waals surface area contributed by atoms with Crippen molar-refractivity contribution < 1.29 is 4.74 Å². The highest BCUT2D eigenvalue weighted by Crippen LogP contribution is 2.35. The van der Waals surface area contributed by atoms with Crippen LogP contribution in [0.1, 0.15) is 16.0 Å². The standard InChI is InChI=1S/C14H13BrO/c1-16-13-10-6-5-9-12(13)14(15)11-7-3-2-4-8-11/h2-10,14H,1H3. The first-order valence-corrected chi connectivity index (χ1v) is 6.06. The maximum atomic E-state index is 5.36. The Morgan fingerprint density at radius 2 is 1.56 bits per heavy atom. The molecular weight excluding hydrogens is 264 g/mol. The van der Waals surface area contributed by atoms with Gasteiger partial charge in [0, 0.05) is 5.56 Å². The summed E-state index contributed by atoms with van der Waals surface area (Å²) in [5.41, 5.74) is 2.38. The Kier molecular flexibility index (Phi) is 3.62. The molecule has 2 heteroatoms. The third-order valence-corrected chi connectivity index (χ3v) is 3.53. The van der Waals surface area contributed by atoms with Crippen molar-refractivity contribution in [3.63, 3.8) is 0 Å². The Balaban J connectivity index is 2.37. The van der Waals surface area contributed by atoms with E-state index in [9.17, 15) is 0 Å². The summed E-state index contributed by atoms with van der Waals surface area (Å²) in [4.78, 5) is 0.171. The molecular formula is C14H13BrO. The lowest BCUT2D eigenvalue weighted by Crippen LogP contribution is -1.96. The van der Waals surface area contributed by atoms with Crippen LogP contribution in [0.5, 0.6) is 5.75 Å². The van der Waals surface area contributed by atoms with Crippen molar-refractivity contribution in [3.8, 4) is 5.75 Å². The van der Waals surface area contributed by atoms with E-state index in [1.807, 2.05) is 36.4 Å². The molecule has 0 bridgehead atoms. The summed E-state index contributed by atoms with van der Waals surface area (Å²) in [6.07, 6.45) is 0. The summed E-state index contributed by atoms with van der Waals surface area (Å²) in [6, 6.07) is 18.4. The monoisotopic (exact) mass is 276 g/mol. The number of ether oxygens (including phenoxy) is 1. The van der Waals surface area contributed by atoms with Crippen molar-refractivity contribution in [1.82, 2.24) is 0 Å². The molecule has 1 nitrogen and oxygen atoms in total. The quantitative estimate of drug-likeness (QED) is 0.765. The number of hydrogen-bond acceptors (Lipinski definition) is 1. The lowest BCUT2D eigenvalue weighted by Gasteiger charge is -2.14. The lowest BCUT2D eigenvalue weighted by molar-refractivity contribution is 0.410. The van der Waals surface area contributed by atoms with Crippen LogP contribution in [0.15, 0.2) is 54.6 Å². The largest absolute Gasteiger partial charge is 0.496 e. The summed E-state index contributed by atoms with van der Waals surface area (Å²) in [5, 5.41) is 0. The molecule has 0 heterocycles. The predicted molar refractivity (Wildman–Crippen MR) is 70.2 cm³/mol. The van der Waals surface area contributed by atoms with Crippen LogP contribution in [-0.4, -0.2) is 7.11 Å². The number of alkyl halides is 1. The van der Waals surface area contributed by atoms with Gasteiger partial charge in [-0.2, -0.15) is 0 Å². The normalized spacial score (nSPS) is 12.1. The third-order valence-electron chi connectivity index (χ3n) is 2.50. The van der Waals surface area contributed by atoms with Crippen LogP contribution < -0.4 is 4.74 Å². The van der Waals surface area contributed by atoms with E-state index >= 15 is 0 Å². The number of rotatable bonds is 3. The molecule has 0 saturated carbocycles. The SMILES string of the molecule is COc1ccccc1C(Br)c1ccccc1. The fourth-order valence-electron chi connectivity index (χ4n) is 1.68. The van der Waals surface area contributed by atoms with Crippen LogP contribution in [0.25, 0.3) is 0 Å². The zero-order valence-electron chi connectivity index (χ0n) is 9.06. The first kappa shape index (κ1) is 11.2. The molecule has 0 amide bonds. The van der Waals surface area contributed by atoms with Gasteiger partial charge in [0.25, 0.3) is 0 Å². The molecule has 0 aliphatic heterocycles. The Morgan fingerprint density at radius 1 is 0.938 bits per heavy atom. The van der Waals surface area contributed by atoms with Crippen LogP contribution in [0, 0.1) is 0 Å².